The van der Waals surface area contributed by atoms with Crippen molar-refractivity contribution in [1.82, 2.24) is 4.90 Å². The van der Waals surface area contributed by atoms with Gasteiger partial charge >= 0.3 is 0 Å². The van der Waals surface area contributed by atoms with Crippen molar-refractivity contribution in [3.05, 3.63) is 83.3 Å². The maximum Gasteiger partial charge on any atom is 0.222 e. The number of hydrogen-bond acceptors (Lipinski definition) is 4. The molecule has 3 aromatic rings. The first-order chi connectivity index (χ1) is 15.0. The number of methoxy groups -OCH3 is 2. The second-order valence-corrected chi connectivity index (χ2v) is 7.63. The number of hydrogen-bond donors (Lipinski definition) is 0. The van der Waals surface area contributed by atoms with Gasteiger partial charge in [0.05, 0.1) is 20.5 Å². The van der Waals surface area contributed by atoms with Gasteiger partial charge in [-0.05, 0) is 48.7 Å². The number of ether oxygens (including phenoxy) is 2. The van der Waals surface area contributed by atoms with E-state index in [-0.39, 0.29) is 11.8 Å². The number of carbonyl (C=O) groups excluding carboxylic acids is 1. The first-order valence-electron chi connectivity index (χ1n) is 10.6. The third-order valence-electron chi connectivity index (χ3n) is 5.53. The Morgan fingerprint density at radius 1 is 1.03 bits per heavy atom. The SMILES string of the molecule is CCC(=O)N(CC[C@H](c1ccc(C)cc1)c1ccco1)Cc1ccc(OC)c(OC)c1. The molecule has 31 heavy (non-hydrogen) atoms. The van der Waals surface area contributed by atoms with Gasteiger partial charge in [-0.3, -0.25) is 4.79 Å². The van der Waals surface area contributed by atoms with Crippen LogP contribution in [0.1, 0.15) is 48.1 Å². The Kier molecular flexibility index (Phi) is 7.76. The van der Waals surface area contributed by atoms with Crippen molar-refractivity contribution in [2.45, 2.75) is 39.2 Å². The van der Waals surface area contributed by atoms with E-state index >= 15 is 0 Å². The number of benzene rings is 2. The van der Waals surface area contributed by atoms with E-state index in [4.69, 9.17) is 13.9 Å². The van der Waals surface area contributed by atoms with Crippen molar-refractivity contribution in [3.8, 4) is 11.5 Å². The highest BCUT2D eigenvalue weighted by molar-refractivity contribution is 5.75. The molecule has 0 saturated heterocycles. The topological polar surface area (TPSA) is 51.9 Å². The molecule has 0 saturated carbocycles. The van der Waals surface area contributed by atoms with Gasteiger partial charge in [-0.2, -0.15) is 0 Å². The van der Waals surface area contributed by atoms with Gasteiger partial charge < -0.3 is 18.8 Å². The van der Waals surface area contributed by atoms with Gasteiger partial charge in [0, 0.05) is 25.4 Å². The molecule has 1 heterocycles. The summed E-state index contributed by atoms with van der Waals surface area (Å²) in [6, 6.07) is 18.2. The number of rotatable bonds is 10. The number of furan rings is 1. The molecule has 164 valence electrons. The summed E-state index contributed by atoms with van der Waals surface area (Å²) >= 11 is 0. The lowest BCUT2D eigenvalue weighted by Crippen LogP contribution is -2.31. The molecule has 0 fully saturated rings. The Morgan fingerprint density at radius 2 is 1.77 bits per heavy atom. The lowest BCUT2D eigenvalue weighted by Gasteiger charge is -2.25. The molecule has 5 nitrogen and oxygen atoms in total. The van der Waals surface area contributed by atoms with Crippen LogP contribution in [0.4, 0.5) is 0 Å². The van der Waals surface area contributed by atoms with Crippen LogP contribution in [-0.4, -0.2) is 31.6 Å². The largest absolute Gasteiger partial charge is 0.493 e. The van der Waals surface area contributed by atoms with Crippen LogP contribution in [0, 0.1) is 6.92 Å². The minimum atomic E-state index is 0.0909. The number of aryl methyl sites for hydroxylation is 1. The normalized spacial score (nSPS) is 11.7. The lowest BCUT2D eigenvalue weighted by molar-refractivity contribution is -0.131. The first-order valence-corrected chi connectivity index (χ1v) is 10.6. The molecule has 5 heteroatoms. The summed E-state index contributed by atoms with van der Waals surface area (Å²) in [5.74, 6) is 2.47. The molecule has 1 aromatic heterocycles. The fraction of sp³-hybridized carbons (Fsp3) is 0.346. The quantitative estimate of drug-likeness (QED) is 0.430. The van der Waals surface area contributed by atoms with Gasteiger partial charge in [0.2, 0.25) is 5.91 Å². The van der Waals surface area contributed by atoms with E-state index in [0.717, 1.165) is 17.7 Å². The van der Waals surface area contributed by atoms with Crippen LogP contribution in [-0.2, 0) is 11.3 Å². The second kappa shape index (κ2) is 10.7. The molecule has 2 aromatic carbocycles. The van der Waals surface area contributed by atoms with Crippen LogP contribution in [0.5, 0.6) is 11.5 Å². The maximum absolute atomic E-state index is 12.7. The smallest absolute Gasteiger partial charge is 0.222 e. The Hall–Kier alpha value is -3.21. The predicted molar refractivity (Wildman–Crippen MR) is 122 cm³/mol. The summed E-state index contributed by atoms with van der Waals surface area (Å²) < 4.78 is 16.5. The average Bonchev–Trinajstić information content (AvgIpc) is 3.33. The molecule has 1 amide bonds. The van der Waals surface area contributed by atoms with Gasteiger partial charge in [-0.15, -0.1) is 0 Å². The number of nitrogens with zero attached hydrogens (tertiary/aromatic N) is 1. The first kappa shape index (κ1) is 22.5. The second-order valence-electron chi connectivity index (χ2n) is 7.63. The zero-order valence-corrected chi connectivity index (χ0v) is 18.8. The molecule has 0 bridgehead atoms. The van der Waals surface area contributed by atoms with Gasteiger partial charge in [-0.1, -0.05) is 42.8 Å². The fourth-order valence-electron chi connectivity index (χ4n) is 3.76. The monoisotopic (exact) mass is 421 g/mol. The van der Waals surface area contributed by atoms with Crippen LogP contribution in [0.15, 0.2) is 65.3 Å². The molecule has 0 aliphatic carbocycles. The highest BCUT2D eigenvalue weighted by atomic mass is 16.5. The van der Waals surface area contributed by atoms with Gasteiger partial charge in [0.15, 0.2) is 11.5 Å². The minimum Gasteiger partial charge on any atom is -0.493 e. The molecule has 1 atom stereocenters. The molecular formula is C26H31NO4. The molecule has 0 N–H and O–H groups in total. The van der Waals surface area contributed by atoms with E-state index in [9.17, 15) is 4.79 Å². The standard InChI is InChI=1S/C26H31NO4/c1-5-26(28)27(18-20-10-13-24(29-3)25(17-20)30-4)15-14-22(23-7-6-16-31-23)21-11-8-19(2)9-12-21/h6-13,16-17,22H,5,14-15,18H2,1-4H3/t22-/m1/s1. The Morgan fingerprint density at radius 3 is 2.39 bits per heavy atom. The van der Waals surface area contributed by atoms with Crippen molar-refractivity contribution in [1.29, 1.82) is 0 Å². The summed E-state index contributed by atoms with van der Waals surface area (Å²) in [7, 11) is 3.23. The zero-order valence-electron chi connectivity index (χ0n) is 18.8. The van der Waals surface area contributed by atoms with E-state index in [1.165, 1.54) is 11.1 Å². The Labute approximate surface area is 184 Å². The van der Waals surface area contributed by atoms with Gasteiger partial charge in [-0.25, -0.2) is 0 Å². The average molecular weight is 422 g/mol. The van der Waals surface area contributed by atoms with E-state index in [2.05, 4.69) is 31.2 Å². The fourth-order valence-corrected chi connectivity index (χ4v) is 3.76. The minimum absolute atomic E-state index is 0.0909. The van der Waals surface area contributed by atoms with E-state index < -0.39 is 0 Å². The van der Waals surface area contributed by atoms with E-state index in [0.29, 0.717) is 31.0 Å². The third kappa shape index (κ3) is 5.69. The number of carbonyl (C=O) groups is 1. The molecule has 0 aliphatic heterocycles. The summed E-state index contributed by atoms with van der Waals surface area (Å²) in [5.41, 5.74) is 3.41. The van der Waals surface area contributed by atoms with Crippen LogP contribution >= 0.6 is 0 Å². The highest BCUT2D eigenvalue weighted by Crippen LogP contribution is 2.31. The molecule has 3 rings (SSSR count). The summed E-state index contributed by atoms with van der Waals surface area (Å²) in [5, 5.41) is 0. The van der Waals surface area contributed by atoms with Crippen LogP contribution < -0.4 is 9.47 Å². The molecule has 0 unspecified atom stereocenters. The van der Waals surface area contributed by atoms with E-state index in [1.54, 1.807) is 20.5 Å². The predicted octanol–water partition coefficient (Wildman–Crippen LogP) is 5.57. The highest BCUT2D eigenvalue weighted by Gasteiger charge is 2.21. The van der Waals surface area contributed by atoms with Gasteiger partial charge in [0.1, 0.15) is 5.76 Å². The third-order valence-corrected chi connectivity index (χ3v) is 5.53. The lowest BCUT2D eigenvalue weighted by atomic mass is 9.92. The van der Waals surface area contributed by atoms with Crippen LogP contribution in [0.2, 0.25) is 0 Å². The Balaban J connectivity index is 1.79. The molecule has 0 radical (unpaired) electrons. The van der Waals surface area contributed by atoms with E-state index in [1.807, 2.05) is 42.2 Å². The molecule has 0 spiro atoms. The number of amides is 1. The maximum atomic E-state index is 12.7. The summed E-state index contributed by atoms with van der Waals surface area (Å²) in [6.45, 7) is 5.12. The Bertz CT molecular complexity index is 964. The van der Waals surface area contributed by atoms with Crippen molar-refractivity contribution in [2.24, 2.45) is 0 Å². The summed E-state index contributed by atoms with van der Waals surface area (Å²) in [6.07, 6.45) is 2.94. The molecule has 0 aliphatic rings. The van der Waals surface area contributed by atoms with Crippen LogP contribution in [0.25, 0.3) is 0 Å². The molecular weight excluding hydrogens is 390 g/mol. The van der Waals surface area contributed by atoms with Crippen molar-refractivity contribution in [2.75, 3.05) is 20.8 Å². The van der Waals surface area contributed by atoms with Crippen molar-refractivity contribution in [3.63, 3.8) is 0 Å². The van der Waals surface area contributed by atoms with Gasteiger partial charge in [0.25, 0.3) is 0 Å². The van der Waals surface area contributed by atoms with Crippen molar-refractivity contribution < 1.29 is 18.7 Å². The zero-order chi connectivity index (χ0) is 22.2. The van der Waals surface area contributed by atoms with Crippen LogP contribution in [0.3, 0.4) is 0 Å². The summed E-state index contributed by atoms with van der Waals surface area (Å²) in [4.78, 5) is 14.6. The van der Waals surface area contributed by atoms with Crippen molar-refractivity contribution >= 4 is 5.91 Å².